The third kappa shape index (κ3) is 4.33. The molecule has 0 atom stereocenters. The van der Waals surface area contributed by atoms with Crippen LogP contribution in [0.15, 0.2) is 0 Å². The molecular weight excluding hydrogens is 186 g/mol. The summed E-state index contributed by atoms with van der Waals surface area (Å²) in [4.78, 5) is 14.0. The average Bonchev–Trinajstić information content (AvgIpc) is 2.27. The van der Waals surface area contributed by atoms with Crippen LogP contribution in [0.25, 0.3) is 0 Å². The van der Waals surface area contributed by atoms with Crippen molar-refractivity contribution in [1.82, 2.24) is 4.90 Å². The highest BCUT2D eigenvalue weighted by molar-refractivity contribution is 5.80. The minimum atomic E-state index is 0.421. The molecule has 0 heterocycles. The average molecular weight is 211 g/mol. The third-order valence-corrected chi connectivity index (χ3v) is 3.41. The van der Waals surface area contributed by atoms with Crippen LogP contribution in [-0.2, 0) is 4.79 Å². The molecule has 0 aliphatic heterocycles. The van der Waals surface area contributed by atoms with Crippen molar-refractivity contribution < 1.29 is 4.79 Å². The van der Waals surface area contributed by atoms with E-state index in [9.17, 15) is 4.79 Å². The quantitative estimate of drug-likeness (QED) is 0.673. The number of nitrogens with zero attached hydrogens (tertiary/aromatic N) is 1. The number of hydrogen-bond donors (Lipinski definition) is 0. The normalized spacial score (nSPS) is 18.3. The topological polar surface area (TPSA) is 20.3 Å². The van der Waals surface area contributed by atoms with E-state index in [0.717, 1.165) is 19.4 Å². The van der Waals surface area contributed by atoms with Gasteiger partial charge in [0.2, 0.25) is 0 Å². The van der Waals surface area contributed by atoms with E-state index >= 15 is 0 Å². The lowest BCUT2D eigenvalue weighted by molar-refractivity contribution is -0.120. The molecule has 1 aliphatic rings. The zero-order valence-corrected chi connectivity index (χ0v) is 10.3. The van der Waals surface area contributed by atoms with Crippen molar-refractivity contribution in [3.8, 4) is 0 Å². The van der Waals surface area contributed by atoms with Gasteiger partial charge in [0.15, 0.2) is 0 Å². The number of Topliss-reactive ketones (excluding diaryl/α,β-unsaturated/α-hetero) is 1. The molecule has 15 heavy (non-hydrogen) atoms. The minimum Gasteiger partial charge on any atom is -0.298 e. The zero-order valence-electron chi connectivity index (χ0n) is 10.3. The van der Waals surface area contributed by atoms with Gasteiger partial charge in [-0.1, -0.05) is 33.1 Å². The van der Waals surface area contributed by atoms with Crippen molar-refractivity contribution in [1.29, 1.82) is 0 Å². The molecule has 0 amide bonds. The first-order valence-electron chi connectivity index (χ1n) is 6.53. The molecular formula is C13H25NO. The summed E-state index contributed by atoms with van der Waals surface area (Å²) < 4.78 is 0. The molecule has 0 unspecified atom stereocenters. The van der Waals surface area contributed by atoms with Crippen molar-refractivity contribution in [3.05, 3.63) is 0 Å². The van der Waals surface area contributed by atoms with Gasteiger partial charge in [-0.2, -0.15) is 0 Å². The highest BCUT2D eigenvalue weighted by Gasteiger charge is 2.21. The Morgan fingerprint density at radius 1 is 1.20 bits per heavy atom. The summed E-state index contributed by atoms with van der Waals surface area (Å²) in [5.41, 5.74) is 0. The number of ketones is 1. The Morgan fingerprint density at radius 2 is 1.87 bits per heavy atom. The van der Waals surface area contributed by atoms with Crippen LogP contribution in [0.3, 0.4) is 0 Å². The maximum atomic E-state index is 11.6. The predicted molar refractivity (Wildman–Crippen MR) is 64.0 cm³/mol. The second-order valence-corrected chi connectivity index (χ2v) is 4.64. The number of rotatable bonds is 6. The Labute approximate surface area is 94.0 Å². The smallest absolute Gasteiger partial charge is 0.146 e. The van der Waals surface area contributed by atoms with Crippen LogP contribution in [-0.4, -0.2) is 29.8 Å². The largest absolute Gasteiger partial charge is 0.298 e. The van der Waals surface area contributed by atoms with Crippen LogP contribution in [0.5, 0.6) is 0 Å². The van der Waals surface area contributed by atoms with Gasteiger partial charge < -0.3 is 0 Å². The van der Waals surface area contributed by atoms with E-state index in [0.29, 0.717) is 18.4 Å². The van der Waals surface area contributed by atoms with Gasteiger partial charge in [0.05, 0.1) is 6.54 Å². The first-order chi connectivity index (χ1) is 7.27. The summed E-state index contributed by atoms with van der Waals surface area (Å²) in [6.45, 7) is 5.97. The molecule has 0 aromatic rings. The molecule has 1 fully saturated rings. The molecule has 0 saturated heterocycles. The van der Waals surface area contributed by atoms with Gasteiger partial charge in [-0.3, -0.25) is 9.69 Å². The molecule has 0 spiro atoms. The van der Waals surface area contributed by atoms with Crippen LogP contribution in [0.2, 0.25) is 0 Å². The van der Waals surface area contributed by atoms with Crippen molar-refractivity contribution in [2.45, 2.75) is 64.8 Å². The van der Waals surface area contributed by atoms with Crippen molar-refractivity contribution in [3.63, 3.8) is 0 Å². The van der Waals surface area contributed by atoms with Crippen LogP contribution >= 0.6 is 0 Å². The van der Waals surface area contributed by atoms with E-state index in [1.165, 1.54) is 32.1 Å². The van der Waals surface area contributed by atoms with E-state index in [4.69, 9.17) is 0 Å². The zero-order chi connectivity index (χ0) is 11.1. The summed E-state index contributed by atoms with van der Waals surface area (Å²) in [6.07, 6.45) is 8.42. The van der Waals surface area contributed by atoms with Gasteiger partial charge in [0.25, 0.3) is 0 Å². The predicted octanol–water partition coefficient (Wildman–Crippen LogP) is 3.01. The van der Waals surface area contributed by atoms with Gasteiger partial charge in [0, 0.05) is 12.5 Å². The Morgan fingerprint density at radius 3 is 2.40 bits per heavy atom. The van der Waals surface area contributed by atoms with Gasteiger partial charge in [-0.15, -0.1) is 0 Å². The monoisotopic (exact) mass is 211 g/mol. The lowest BCUT2D eigenvalue weighted by Gasteiger charge is -2.32. The Bertz CT molecular complexity index is 185. The third-order valence-electron chi connectivity index (χ3n) is 3.41. The van der Waals surface area contributed by atoms with E-state index in [1.54, 1.807) is 0 Å². The molecule has 1 aliphatic carbocycles. The first-order valence-corrected chi connectivity index (χ1v) is 6.53. The Kier molecular flexibility index (Phi) is 5.92. The highest BCUT2D eigenvalue weighted by atomic mass is 16.1. The van der Waals surface area contributed by atoms with E-state index in [2.05, 4.69) is 18.7 Å². The number of likely N-dealkylation sites (N-methyl/N-ethyl adjacent to an activating group) is 1. The molecule has 0 aromatic carbocycles. The molecule has 1 rings (SSSR count). The van der Waals surface area contributed by atoms with E-state index in [-0.39, 0.29) is 0 Å². The maximum Gasteiger partial charge on any atom is 0.146 e. The Balaban J connectivity index is 2.36. The number of hydrogen-bond acceptors (Lipinski definition) is 2. The second kappa shape index (κ2) is 7.00. The van der Waals surface area contributed by atoms with Crippen molar-refractivity contribution in [2.24, 2.45) is 0 Å². The number of carbonyl (C=O) groups is 1. The fraction of sp³-hybridized carbons (Fsp3) is 0.923. The van der Waals surface area contributed by atoms with Crippen LogP contribution in [0, 0.1) is 0 Å². The summed E-state index contributed by atoms with van der Waals surface area (Å²) in [5.74, 6) is 0.421. The summed E-state index contributed by atoms with van der Waals surface area (Å²) >= 11 is 0. The molecule has 2 nitrogen and oxygen atoms in total. The molecule has 2 heteroatoms. The van der Waals surface area contributed by atoms with Crippen molar-refractivity contribution in [2.75, 3.05) is 13.1 Å². The van der Waals surface area contributed by atoms with E-state index in [1.807, 2.05) is 0 Å². The van der Waals surface area contributed by atoms with Crippen LogP contribution < -0.4 is 0 Å². The first kappa shape index (κ1) is 12.7. The minimum absolute atomic E-state index is 0.421. The molecule has 88 valence electrons. The Hall–Kier alpha value is -0.370. The van der Waals surface area contributed by atoms with E-state index < -0.39 is 0 Å². The van der Waals surface area contributed by atoms with Crippen LogP contribution in [0.4, 0.5) is 0 Å². The lowest BCUT2D eigenvalue weighted by atomic mass is 9.94. The maximum absolute atomic E-state index is 11.6. The lowest BCUT2D eigenvalue weighted by Crippen LogP contribution is -2.40. The van der Waals surface area contributed by atoms with Gasteiger partial charge in [0.1, 0.15) is 5.78 Å². The summed E-state index contributed by atoms with van der Waals surface area (Å²) in [6, 6.07) is 0.685. The van der Waals surface area contributed by atoms with Gasteiger partial charge in [-0.05, 0) is 25.8 Å². The fourth-order valence-corrected chi connectivity index (χ4v) is 2.53. The van der Waals surface area contributed by atoms with Gasteiger partial charge in [-0.25, -0.2) is 0 Å². The molecule has 1 saturated carbocycles. The molecule has 0 aromatic heterocycles. The summed E-state index contributed by atoms with van der Waals surface area (Å²) in [7, 11) is 0. The summed E-state index contributed by atoms with van der Waals surface area (Å²) in [5, 5.41) is 0. The molecule has 0 bridgehead atoms. The SMILES string of the molecule is CCCC(=O)CN(CC)C1CCCCC1. The molecule has 0 radical (unpaired) electrons. The van der Waals surface area contributed by atoms with Crippen LogP contribution in [0.1, 0.15) is 58.8 Å². The van der Waals surface area contributed by atoms with Gasteiger partial charge >= 0.3 is 0 Å². The number of carbonyl (C=O) groups excluding carboxylic acids is 1. The highest BCUT2D eigenvalue weighted by Crippen LogP contribution is 2.22. The fourth-order valence-electron chi connectivity index (χ4n) is 2.53. The van der Waals surface area contributed by atoms with Crippen molar-refractivity contribution >= 4 is 5.78 Å². The second-order valence-electron chi connectivity index (χ2n) is 4.64. The molecule has 0 N–H and O–H groups in total. The standard InChI is InChI=1S/C13H25NO/c1-3-8-13(15)11-14(4-2)12-9-6-5-7-10-12/h12H,3-11H2,1-2H3.